The third-order valence-electron chi connectivity index (χ3n) is 2.69. The molecule has 0 spiro atoms. The smallest absolute Gasteiger partial charge is 0.207 e. The summed E-state index contributed by atoms with van der Waals surface area (Å²) in [5, 5.41) is 4.20. The second kappa shape index (κ2) is 5.73. The summed E-state index contributed by atoms with van der Waals surface area (Å²) in [7, 11) is 0. The van der Waals surface area contributed by atoms with E-state index in [2.05, 4.69) is 44.6 Å². The number of hydrogen-bond donors (Lipinski definition) is 1. The number of nitrogens with zero attached hydrogens (tertiary/aromatic N) is 2. The summed E-state index contributed by atoms with van der Waals surface area (Å²) in [4.78, 5) is 4.46. The molecule has 0 aliphatic heterocycles. The Kier molecular flexibility index (Phi) is 4.43. The maximum absolute atomic E-state index is 6.23. The number of halogens is 3. The second-order valence-electron chi connectivity index (χ2n) is 4.55. The standard InChI is InChI=1S/C13H14BrCl2N3/c1-7(2)19-6-8(3)17-13(19)18-10-5-4-9(14)11(15)12(10)16/h4-7H,1-3H3,(H,17,18). The SMILES string of the molecule is Cc1cn(C(C)C)c(Nc2ccc(Br)c(Cl)c2Cl)n1. The lowest BCUT2D eigenvalue weighted by molar-refractivity contribution is 0.607. The van der Waals surface area contributed by atoms with E-state index in [0.29, 0.717) is 16.1 Å². The number of aromatic nitrogens is 2. The molecule has 0 saturated carbocycles. The van der Waals surface area contributed by atoms with Crippen LogP contribution in [0.4, 0.5) is 11.6 Å². The average molecular weight is 363 g/mol. The van der Waals surface area contributed by atoms with Crippen LogP contribution in [0.5, 0.6) is 0 Å². The van der Waals surface area contributed by atoms with Gasteiger partial charge in [0, 0.05) is 16.7 Å². The summed E-state index contributed by atoms with van der Waals surface area (Å²) >= 11 is 15.7. The van der Waals surface area contributed by atoms with Crippen LogP contribution in [0.2, 0.25) is 10.0 Å². The van der Waals surface area contributed by atoms with E-state index in [1.54, 1.807) is 0 Å². The lowest BCUT2D eigenvalue weighted by Crippen LogP contribution is -2.05. The molecule has 0 radical (unpaired) electrons. The summed E-state index contributed by atoms with van der Waals surface area (Å²) in [5.41, 5.74) is 1.69. The number of nitrogens with one attached hydrogen (secondary N) is 1. The van der Waals surface area contributed by atoms with Gasteiger partial charge in [-0.2, -0.15) is 0 Å². The third kappa shape index (κ3) is 3.07. The van der Waals surface area contributed by atoms with Crippen molar-refractivity contribution in [3.05, 3.63) is 38.5 Å². The second-order valence-corrected chi connectivity index (χ2v) is 6.17. The van der Waals surface area contributed by atoms with Gasteiger partial charge in [0.25, 0.3) is 0 Å². The molecule has 0 aliphatic rings. The molecule has 6 heteroatoms. The molecule has 1 N–H and O–H groups in total. The first-order valence-electron chi connectivity index (χ1n) is 5.86. The fraction of sp³-hybridized carbons (Fsp3) is 0.308. The van der Waals surface area contributed by atoms with Crippen molar-refractivity contribution < 1.29 is 0 Å². The van der Waals surface area contributed by atoms with Crippen molar-refractivity contribution in [2.24, 2.45) is 0 Å². The van der Waals surface area contributed by atoms with Crippen LogP contribution in [0.1, 0.15) is 25.6 Å². The lowest BCUT2D eigenvalue weighted by Gasteiger charge is -2.14. The molecule has 1 aromatic carbocycles. The van der Waals surface area contributed by atoms with E-state index in [-0.39, 0.29) is 0 Å². The van der Waals surface area contributed by atoms with Crippen molar-refractivity contribution in [3.63, 3.8) is 0 Å². The normalized spacial score (nSPS) is 11.1. The van der Waals surface area contributed by atoms with E-state index in [0.717, 1.165) is 21.8 Å². The van der Waals surface area contributed by atoms with Gasteiger partial charge in [-0.15, -0.1) is 0 Å². The Morgan fingerprint density at radius 2 is 1.95 bits per heavy atom. The van der Waals surface area contributed by atoms with Gasteiger partial charge in [0.2, 0.25) is 5.95 Å². The molecule has 3 nitrogen and oxygen atoms in total. The van der Waals surface area contributed by atoms with Gasteiger partial charge in [0.1, 0.15) is 0 Å². The van der Waals surface area contributed by atoms with Gasteiger partial charge >= 0.3 is 0 Å². The Morgan fingerprint density at radius 3 is 2.58 bits per heavy atom. The Labute approximate surface area is 131 Å². The molecule has 0 saturated heterocycles. The number of rotatable bonds is 3. The van der Waals surface area contributed by atoms with Crippen molar-refractivity contribution in [2.75, 3.05) is 5.32 Å². The van der Waals surface area contributed by atoms with E-state index in [4.69, 9.17) is 23.2 Å². The van der Waals surface area contributed by atoms with E-state index in [1.165, 1.54) is 0 Å². The molecule has 19 heavy (non-hydrogen) atoms. The molecule has 1 heterocycles. The molecule has 1 aromatic heterocycles. The van der Waals surface area contributed by atoms with Crippen LogP contribution < -0.4 is 5.32 Å². The summed E-state index contributed by atoms with van der Waals surface area (Å²) in [6, 6.07) is 4.03. The predicted molar refractivity (Wildman–Crippen MR) is 84.8 cm³/mol. The molecule has 2 aromatic rings. The summed E-state index contributed by atoms with van der Waals surface area (Å²) in [6.07, 6.45) is 2.00. The number of benzene rings is 1. The monoisotopic (exact) mass is 361 g/mol. The minimum absolute atomic E-state index is 0.313. The van der Waals surface area contributed by atoms with Crippen LogP contribution in [-0.2, 0) is 0 Å². The summed E-state index contributed by atoms with van der Waals surface area (Å²) in [6.45, 7) is 6.16. The molecule has 0 bridgehead atoms. The van der Waals surface area contributed by atoms with E-state index in [9.17, 15) is 0 Å². The number of hydrogen-bond acceptors (Lipinski definition) is 2. The molecule has 0 unspecified atom stereocenters. The highest BCUT2D eigenvalue weighted by atomic mass is 79.9. The van der Waals surface area contributed by atoms with Gasteiger partial charge in [-0.3, -0.25) is 0 Å². The van der Waals surface area contributed by atoms with Crippen molar-refractivity contribution in [1.82, 2.24) is 9.55 Å². The minimum Gasteiger partial charge on any atom is -0.324 e. The maximum Gasteiger partial charge on any atom is 0.207 e. The Morgan fingerprint density at radius 1 is 1.26 bits per heavy atom. The quantitative estimate of drug-likeness (QED) is 0.721. The molecule has 0 amide bonds. The summed E-state index contributed by atoms with van der Waals surface area (Å²) in [5.74, 6) is 0.757. The highest BCUT2D eigenvalue weighted by Crippen LogP contribution is 2.37. The fourth-order valence-electron chi connectivity index (χ4n) is 1.75. The Bertz CT molecular complexity index is 608. The van der Waals surface area contributed by atoms with Crippen LogP contribution in [-0.4, -0.2) is 9.55 Å². The molecular weight excluding hydrogens is 349 g/mol. The molecule has 0 aliphatic carbocycles. The molecule has 0 atom stereocenters. The van der Waals surface area contributed by atoms with Crippen molar-refractivity contribution in [3.8, 4) is 0 Å². The Balaban J connectivity index is 2.39. The van der Waals surface area contributed by atoms with Gasteiger partial charge in [0.05, 0.1) is 21.4 Å². The van der Waals surface area contributed by atoms with Crippen LogP contribution in [0.25, 0.3) is 0 Å². The van der Waals surface area contributed by atoms with E-state index >= 15 is 0 Å². The van der Waals surface area contributed by atoms with Crippen LogP contribution in [0.15, 0.2) is 22.8 Å². The van der Waals surface area contributed by atoms with Crippen LogP contribution in [0.3, 0.4) is 0 Å². The number of anilines is 2. The first-order valence-corrected chi connectivity index (χ1v) is 7.41. The maximum atomic E-state index is 6.23. The van der Waals surface area contributed by atoms with Crippen molar-refractivity contribution in [1.29, 1.82) is 0 Å². The highest BCUT2D eigenvalue weighted by Gasteiger charge is 2.13. The highest BCUT2D eigenvalue weighted by molar-refractivity contribution is 9.10. The molecule has 2 rings (SSSR count). The zero-order valence-electron chi connectivity index (χ0n) is 10.8. The average Bonchev–Trinajstić information content (AvgIpc) is 2.71. The molecule has 102 valence electrons. The van der Waals surface area contributed by atoms with E-state index < -0.39 is 0 Å². The topological polar surface area (TPSA) is 29.9 Å². The van der Waals surface area contributed by atoms with Gasteiger partial charge in [-0.1, -0.05) is 23.2 Å². The van der Waals surface area contributed by atoms with Gasteiger partial charge in [0.15, 0.2) is 0 Å². The third-order valence-corrected chi connectivity index (χ3v) is 4.46. The molecule has 0 fully saturated rings. The predicted octanol–water partition coefficient (Wildman–Crippen LogP) is 5.59. The van der Waals surface area contributed by atoms with E-state index in [1.807, 2.05) is 25.3 Å². The van der Waals surface area contributed by atoms with Crippen molar-refractivity contribution >= 4 is 50.8 Å². The van der Waals surface area contributed by atoms with Gasteiger partial charge < -0.3 is 9.88 Å². The molecular formula is C13H14BrCl2N3. The first kappa shape index (κ1) is 14.7. The van der Waals surface area contributed by atoms with Crippen LogP contribution in [0, 0.1) is 6.92 Å². The van der Waals surface area contributed by atoms with Crippen LogP contribution >= 0.6 is 39.1 Å². The van der Waals surface area contributed by atoms with Gasteiger partial charge in [-0.05, 0) is 48.8 Å². The Hall–Kier alpha value is -0.710. The largest absolute Gasteiger partial charge is 0.324 e. The summed E-state index contributed by atoms with van der Waals surface area (Å²) < 4.78 is 2.83. The number of aryl methyl sites for hydroxylation is 1. The lowest BCUT2D eigenvalue weighted by atomic mass is 10.3. The fourth-order valence-corrected chi connectivity index (χ4v) is 2.57. The zero-order chi connectivity index (χ0) is 14.2. The first-order chi connectivity index (χ1) is 8.90. The minimum atomic E-state index is 0.313. The zero-order valence-corrected chi connectivity index (χ0v) is 13.9. The van der Waals surface area contributed by atoms with Gasteiger partial charge in [-0.25, -0.2) is 4.98 Å². The number of imidazole rings is 1. The van der Waals surface area contributed by atoms with Crippen molar-refractivity contribution in [2.45, 2.75) is 26.8 Å².